The van der Waals surface area contributed by atoms with Crippen LogP contribution in [-0.2, 0) is 16.0 Å². The van der Waals surface area contributed by atoms with Crippen molar-refractivity contribution in [2.45, 2.75) is 40.5 Å². The lowest BCUT2D eigenvalue weighted by atomic mass is 9.92. The van der Waals surface area contributed by atoms with Gasteiger partial charge in [-0.3, -0.25) is 4.79 Å². The topological polar surface area (TPSA) is 64.1 Å². The van der Waals surface area contributed by atoms with Gasteiger partial charge in [0.1, 0.15) is 5.01 Å². The normalized spacial score (nSPS) is 11.6. The molecule has 1 N–H and O–H groups in total. The maximum atomic E-state index is 11.7. The standard InChI is InChI=1S/C12H21N3O2S/c1-5-17-7-6-10-14-15-11(18-10)13-9(16)8-12(2,3)4/h5-8H2,1-4H3,(H,13,15,16). The molecule has 1 rings (SSSR count). The van der Waals surface area contributed by atoms with Crippen molar-refractivity contribution in [3.63, 3.8) is 0 Å². The fraction of sp³-hybridized carbons (Fsp3) is 0.750. The van der Waals surface area contributed by atoms with Crippen molar-refractivity contribution >= 4 is 22.4 Å². The molecule has 0 atom stereocenters. The van der Waals surface area contributed by atoms with Crippen LogP contribution in [0.4, 0.5) is 5.13 Å². The lowest BCUT2D eigenvalue weighted by molar-refractivity contribution is -0.117. The average Bonchev–Trinajstić information content (AvgIpc) is 2.63. The molecule has 0 unspecified atom stereocenters. The average molecular weight is 271 g/mol. The van der Waals surface area contributed by atoms with Crippen LogP contribution in [0.5, 0.6) is 0 Å². The molecule has 0 saturated carbocycles. The second-order valence-electron chi connectivity index (χ2n) is 5.23. The van der Waals surface area contributed by atoms with Gasteiger partial charge in [0.05, 0.1) is 6.61 Å². The summed E-state index contributed by atoms with van der Waals surface area (Å²) in [7, 11) is 0. The third-order valence-corrected chi connectivity index (χ3v) is 2.97. The molecule has 0 fully saturated rings. The van der Waals surface area contributed by atoms with Crippen molar-refractivity contribution in [2.75, 3.05) is 18.5 Å². The van der Waals surface area contributed by atoms with Crippen LogP contribution in [0.15, 0.2) is 0 Å². The minimum atomic E-state index is -0.0213. The highest BCUT2D eigenvalue weighted by atomic mass is 32.1. The number of nitrogens with one attached hydrogen (secondary N) is 1. The zero-order valence-corrected chi connectivity index (χ0v) is 12.3. The molecule has 0 radical (unpaired) electrons. The van der Waals surface area contributed by atoms with Crippen LogP contribution >= 0.6 is 11.3 Å². The van der Waals surface area contributed by atoms with Gasteiger partial charge < -0.3 is 10.1 Å². The number of ether oxygens (including phenoxy) is 1. The highest BCUT2D eigenvalue weighted by Gasteiger charge is 2.17. The fourth-order valence-corrected chi connectivity index (χ4v) is 2.09. The number of amides is 1. The molecule has 0 aliphatic carbocycles. The van der Waals surface area contributed by atoms with E-state index in [2.05, 4.69) is 15.5 Å². The van der Waals surface area contributed by atoms with Gasteiger partial charge in [0.15, 0.2) is 0 Å². The molecular formula is C12H21N3O2S. The van der Waals surface area contributed by atoms with E-state index in [1.54, 1.807) is 0 Å². The SMILES string of the molecule is CCOCCc1nnc(NC(=O)CC(C)(C)C)s1. The molecule has 0 aromatic carbocycles. The maximum Gasteiger partial charge on any atom is 0.226 e. The Morgan fingerprint density at radius 3 is 2.72 bits per heavy atom. The molecule has 1 aromatic heterocycles. The molecule has 18 heavy (non-hydrogen) atoms. The van der Waals surface area contributed by atoms with Crippen molar-refractivity contribution in [1.82, 2.24) is 10.2 Å². The van der Waals surface area contributed by atoms with Crippen LogP contribution in [0.1, 0.15) is 39.1 Å². The third-order valence-electron chi connectivity index (χ3n) is 2.07. The van der Waals surface area contributed by atoms with Gasteiger partial charge in [-0.05, 0) is 12.3 Å². The summed E-state index contributed by atoms with van der Waals surface area (Å²) in [6.45, 7) is 9.38. The quantitative estimate of drug-likeness (QED) is 0.807. The first-order chi connectivity index (χ1) is 8.40. The number of aromatic nitrogens is 2. The van der Waals surface area contributed by atoms with Gasteiger partial charge in [-0.1, -0.05) is 32.1 Å². The molecular weight excluding hydrogens is 250 g/mol. The van der Waals surface area contributed by atoms with Gasteiger partial charge in [0, 0.05) is 19.4 Å². The van der Waals surface area contributed by atoms with Crippen LogP contribution in [0.25, 0.3) is 0 Å². The van der Waals surface area contributed by atoms with Gasteiger partial charge in [0.2, 0.25) is 11.0 Å². The Morgan fingerprint density at radius 1 is 1.39 bits per heavy atom. The number of hydrogen-bond acceptors (Lipinski definition) is 5. The van der Waals surface area contributed by atoms with Crippen LogP contribution in [-0.4, -0.2) is 29.3 Å². The van der Waals surface area contributed by atoms with E-state index in [4.69, 9.17) is 4.74 Å². The highest BCUT2D eigenvalue weighted by molar-refractivity contribution is 7.15. The number of carbonyl (C=O) groups excluding carboxylic acids is 1. The number of hydrogen-bond donors (Lipinski definition) is 1. The van der Waals surface area contributed by atoms with E-state index in [0.29, 0.717) is 24.8 Å². The summed E-state index contributed by atoms with van der Waals surface area (Å²) in [4.78, 5) is 11.7. The van der Waals surface area contributed by atoms with Crippen molar-refractivity contribution in [3.05, 3.63) is 5.01 Å². The van der Waals surface area contributed by atoms with Gasteiger partial charge in [0.25, 0.3) is 0 Å². The summed E-state index contributed by atoms with van der Waals surface area (Å²) in [5.74, 6) is -0.0185. The first kappa shape index (κ1) is 15.0. The third kappa shape index (κ3) is 6.07. The summed E-state index contributed by atoms with van der Waals surface area (Å²) < 4.78 is 5.25. The largest absolute Gasteiger partial charge is 0.381 e. The Balaban J connectivity index is 2.41. The van der Waals surface area contributed by atoms with E-state index in [1.165, 1.54) is 11.3 Å². The van der Waals surface area contributed by atoms with Gasteiger partial charge in [-0.25, -0.2) is 0 Å². The number of rotatable bonds is 6. The van der Waals surface area contributed by atoms with Crippen LogP contribution in [0.3, 0.4) is 0 Å². The number of anilines is 1. The van der Waals surface area contributed by atoms with E-state index < -0.39 is 0 Å². The Bertz CT molecular complexity index is 385. The molecule has 1 amide bonds. The van der Waals surface area contributed by atoms with Crippen LogP contribution < -0.4 is 5.32 Å². The van der Waals surface area contributed by atoms with Crippen molar-refractivity contribution in [3.8, 4) is 0 Å². The fourth-order valence-electron chi connectivity index (χ4n) is 1.35. The Morgan fingerprint density at radius 2 is 2.11 bits per heavy atom. The van der Waals surface area contributed by atoms with Crippen molar-refractivity contribution in [2.24, 2.45) is 5.41 Å². The number of carbonyl (C=O) groups is 1. The monoisotopic (exact) mass is 271 g/mol. The van der Waals surface area contributed by atoms with Crippen LogP contribution in [0.2, 0.25) is 0 Å². The van der Waals surface area contributed by atoms with Gasteiger partial charge in [-0.2, -0.15) is 0 Å². The minimum Gasteiger partial charge on any atom is -0.381 e. The van der Waals surface area contributed by atoms with E-state index in [-0.39, 0.29) is 11.3 Å². The van der Waals surface area contributed by atoms with Crippen molar-refractivity contribution in [1.29, 1.82) is 0 Å². The summed E-state index contributed by atoms with van der Waals surface area (Å²) in [5.41, 5.74) is -0.0213. The zero-order valence-electron chi connectivity index (χ0n) is 11.4. The molecule has 1 heterocycles. The smallest absolute Gasteiger partial charge is 0.226 e. The first-order valence-electron chi connectivity index (χ1n) is 6.10. The predicted molar refractivity (Wildman–Crippen MR) is 72.8 cm³/mol. The first-order valence-corrected chi connectivity index (χ1v) is 6.92. The molecule has 102 valence electrons. The van der Waals surface area contributed by atoms with E-state index in [9.17, 15) is 4.79 Å². The zero-order chi connectivity index (χ0) is 13.6. The second kappa shape index (κ2) is 6.80. The summed E-state index contributed by atoms with van der Waals surface area (Å²) in [6, 6.07) is 0. The molecule has 0 bridgehead atoms. The molecule has 0 spiro atoms. The summed E-state index contributed by atoms with van der Waals surface area (Å²) >= 11 is 1.40. The predicted octanol–water partition coefficient (Wildman–Crippen LogP) is 2.49. The van der Waals surface area contributed by atoms with E-state index >= 15 is 0 Å². The lowest BCUT2D eigenvalue weighted by Crippen LogP contribution is -2.19. The van der Waals surface area contributed by atoms with Crippen LogP contribution in [0, 0.1) is 5.41 Å². The molecule has 0 aliphatic heterocycles. The Labute approximate surface area is 112 Å². The molecule has 1 aromatic rings. The summed E-state index contributed by atoms with van der Waals surface area (Å²) in [5, 5.41) is 12.2. The Hall–Kier alpha value is -1.01. The van der Waals surface area contributed by atoms with E-state index in [0.717, 1.165) is 11.4 Å². The highest BCUT2D eigenvalue weighted by Crippen LogP contribution is 2.21. The molecule has 0 saturated heterocycles. The minimum absolute atomic E-state index is 0.0185. The molecule has 0 aliphatic rings. The Kier molecular flexibility index (Phi) is 5.68. The van der Waals surface area contributed by atoms with Gasteiger partial charge in [-0.15, -0.1) is 10.2 Å². The van der Waals surface area contributed by atoms with Gasteiger partial charge >= 0.3 is 0 Å². The lowest BCUT2D eigenvalue weighted by Gasteiger charge is -2.16. The maximum absolute atomic E-state index is 11.7. The number of nitrogens with zero attached hydrogens (tertiary/aromatic N) is 2. The second-order valence-corrected chi connectivity index (χ2v) is 6.30. The van der Waals surface area contributed by atoms with Crippen molar-refractivity contribution < 1.29 is 9.53 Å². The molecule has 6 heteroatoms. The summed E-state index contributed by atoms with van der Waals surface area (Å²) in [6.07, 6.45) is 1.21. The van der Waals surface area contributed by atoms with E-state index in [1.807, 2.05) is 27.7 Å². The molecule has 5 nitrogen and oxygen atoms in total.